The van der Waals surface area contributed by atoms with Gasteiger partial charge >= 0.3 is 18.1 Å². The van der Waals surface area contributed by atoms with Gasteiger partial charge in [-0.3, -0.25) is 14.4 Å². The van der Waals surface area contributed by atoms with Crippen molar-refractivity contribution in [2.24, 2.45) is 0 Å². The van der Waals surface area contributed by atoms with E-state index in [1.54, 1.807) is 12.1 Å². The zero-order chi connectivity index (χ0) is 32.5. The van der Waals surface area contributed by atoms with Gasteiger partial charge in [0.1, 0.15) is 0 Å². The van der Waals surface area contributed by atoms with Crippen LogP contribution in [0.1, 0.15) is 30.0 Å². The van der Waals surface area contributed by atoms with E-state index < -0.39 is 30.1 Å². The minimum absolute atomic E-state index is 0.125. The van der Waals surface area contributed by atoms with Crippen molar-refractivity contribution in [3.63, 3.8) is 0 Å². The molecule has 0 bridgehead atoms. The Hall–Kier alpha value is -4.98. The Morgan fingerprint density at radius 2 is 1.30 bits per heavy atom. The molecule has 3 aromatic carbocycles. The van der Waals surface area contributed by atoms with Crippen molar-refractivity contribution in [2.75, 3.05) is 13.1 Å². The molecule has 0 aliphatic heterocycles. The van der Waals surface area contributed by atoms with Gasteiger partial charge in [0.05, 0.1) is 19.0 Å². The van der Waals surface area contributed by atoms with Crippen molar-refractivity contribution < 1.29 is 42.6 Å². The largest absolute Gasteiger partial charge is 0.490 e. The van der Waals surface area contributed by atoms with Gasteiger partial charge in [-0.15, -0.1) is 0 Å². The van der Waals surface area contributed by atoms with Crippen molar-refractivity contribution in [3.05, 3.63) is 96.1 Å². The summed E-state index contributed by atoms with van der Waals surface area (Å²) in [4.78, 5) is 44.8. The number of halogens is 3. The predicted molar refractivity (Wildman–Crippen MR) is 160 cm³/mol. The van der Waals surface area contributed by atoms with Crippen molar-refractivity contribution >= 4 is 41.1 Å². The van der Waals surface area contributed by atoms with Gasteiger partial charge in [0.2, 0.25) is 11.8 Å². The molecular formula is C30H31F3N4O6S. The van der Waals surface area contributed by atoms with Gasteiger partial charge in [-0.25, -0.2) is 4.79 Å². The second-order valence-electron chi connectivity index (χ2n) is 9.13. The highest BCUT2D eigenvalue weighted by molar-refractivity contribution is 7.80. The highest BCUT2D eigenvalue weighted by atomic mass is 32.1. The second-order valence-corrected chi connectivity index (χ2v) is 9.54. The summed E-state index contributed by atoms with van der Waals surface area (Å²) in [5, 5.41) is 28.1. The average molecular weight is 633 g/mol. The van der Waals surface area contributed by atoms with E-state index in [4.69, 9.17) is 22.1 Å². The normalized spacial score (nSPS) is 11.2. The minimum atomic E-state index is -5.08. The fraction of sp³-hybridized carbons (Fsp3) is 0.233. The molecule has 0 saturated heterocycles. The molecule has 3 rings (SSSR count). The highest BCUT2D eigenvalue weighted by Gasteiger charge is 2.38. The van der Waals surface area contributed by atoms with E-state index in [9.17, 15) is 32.7 Å². The summed E-state index contributed by atoms with van der Waals surface area (Å²) in [5.41, 5.74) is 3.78. The van der Waals surface area contributed by atoms with Crippen molar-refractivity contribution in [1.29, 1.82) is 0 Å². The number of carboxylic acids is 2. The molecule has 0 aliphatic carbocycles. The average Bonchev–Trinajstić information content (AvgIpc) is 2.99. The number of carboxylic acid groups (broad SMARTS) is 2. The Morgan fingerprint density at radius 3 is 1.84 bits per heavy atom. The second kappa shape index (κ2) is 17.9. The molecule has 0 fully saturated rings. The van der Waals surface area contributed by atoms with Gasteiger partial charge in [0, 0.05) is 19.5 Å². The summed E-state index contributed by atoms with van der Waals surface area (Å²) in [7, 11) is 0. The molecule has 234 valence electrons. The molecule has 0 saturated carbocycles. The summed E-state index contributed by atoms with van der Waals surface area (Å²) < 4.78 is 31.7. The number of thiocarbonyl (C=S) groups is 1. The van der Waals surface area contributed by atoms with Gasteiger partial charge in [-0.05, 0) is 34.5 Å². The summed E-state index contributed by atoms with van der Waals surface area (Å²) in [6.45, 7) is 0.628. The number of amides is 2. The molecule has 2 amide bonds. The summed E-state index contributed by atoms with van der Waals surface area (Å²) in [6, 6.07) is 26.2. The molecule has 0 aromatic heterocycles. The van der Waals surface area contributed by atoms with Gasteiger partial charge in [0.25, 0.3) is 0 Å². The molecule has 1 unspecified atom stereocenters. The van der Waals surface area contributed by atoms with E-state index in [-0.39, 0.29) is 25.3 Å². The van der Waals surface area contributed by atoms with Crippen LogP contribution >= 0.6 is 12.2 Å². The number of rotatable bonds is 12. The van der Waals surface area contributed by atoms with Crippen LogP contribution in [-0.2, 0) is 25.7 Å². The van der Waals surface area contributed by atoms with Gasteiger partial charge in [0.15, 0.2) is 5.11 Å². The number of alkyl halides is 3. The molecule has 3 aromatic rings. The van der Waals surface area contributed by atoms with Gasteiger partial charge in [-0.1, -0.05) is 84.9 Å². The smallest absolute Gasteiger partial charge is 0.481 e. The number of hydrogen-bond donors (Lipinski definition) is 6. The van der Waals surface area contributed by atoms with E-state index in [1.165, 1.54) is 0 Å². The van der Waals surface area contributed by atoms with Crippen LogP contribution in [0, 0.1) is 0 Å². The molecule has 44 heavy (non-hydrogen) atoms. The van der Waals surface area contributed by atoms with Gasteiger partial charge in [-0.2, -0.15) is 13.2 Å². The van der Waals surface area contributed by atoms with E-state index >= 15 is 0 Å². The molecule has 0 spiro atoms. The summed E-state index contributed by atoms with van der Waals surface area (Å²) >= 11 is 5.21. The maximum atomic E-state index is 12.4. The topological polar surface area (TPSA) is 157 Å². The summed E-state index contributed by atoms with van der Waals surface area (Å²) in [6.07, 6.45) is -5.23. The van der Waals surface area contributed by atoms with Crippen LogP contribution in [0.2, 0.25) is 0 Å². The van der Waals surface area contributed by atoms with E-state index in [0.29, 0.717) is 23.8 Å². The number of aliphatic carboxylic acids is 2. The number of carbonyl (C=O) groups is 4. The maximum absolute atomic E-state index is 12.4. The van der Waals surface area contributed by atoms with E-state index in [0.717, 1.165) is 16.7 Å². The predicted octanol–water partition coefficient (Wildman–Crippen LogP) is 3.79. The lowest BCUT2D eigenvalue weighted by Crippen LogP contribution is -2.41. The first kappa shape index (κ1) is 35.2. The standard InChI is InChI=1S/C28H30N4O4S.C2HF3O2/c33-25(15-16-29-28(37)31-18-20-7-3-1-4-8-20)30-19-26(34)32-24(17-27(35)36)23-13-11-22(12-14-23)21-9-5-2-6-10-21;3-2(4,5)1(6)7/h1-14,24H,15-19H2,(H,30,33)(H,32,34)(H,35,36)(H2,29,31,37);(H,6,7). The number of carbonyl (C=O) groups excluding carboxylic acids is 2. The van der Waals surface area contributed by atoms with Crippen LogP contribution in [0.3, 0.4) is 0 Å². The Kier molecular flexibility index (Phi) is 14.3. The third kappa shape index (κ3) is 13.8. The highest BCUT2D eigenvalue weighted by Crippen LogP contribution is 2.23. The van der Waals surface area contributed by atoms with Crippen LogP contribution in [0.15, 0.2) is 84.9 Å². The maximum Gasteiger partial charge on any atom is 0.490 e. The fourth-order valence-corrected chi connectivity index (χ4v) is 3.78. The molecule has 0 heterocycles. The summed E-state index contributed by atoms with van der Waals surface area (Å²) in [5.74, 6) is -4.59. The molecule has 1 atom stereocenters. The fourth-order valence-electron chi connectivity index (χ4n) is 3.61. The third-order valence-electron chi connectivity index (χ3n) is 5.76. The van der Waals surface area contributed by atoms with Crippen LogP contribution in [-0.4, -0.2) is 58.3 Å². The zero-order valence-corrected chi connectivity index (χ0v) is 24.1. The molecule has 6 N–H and O–H groups in total. The quantitative estimate of drug-likeness (QED) is 0.164. The lowest BCUT2D eigenvalue weighted by atomic mass is 9.99. The van der Waals surface area contributed by atoms with Gasteiger partial charge < -0.3 is 31.5 Å². The number of hydrogen-bond acceptors (Lipinski definition) is 5. The lowest BCUT2D eigenvalue weighted by Gasteiger charge is -2.18. The third-order valence-corrected chi connectivity index (χ3v) is 6.04. The Labute approximate surface area is 256 Å². The first-order valence-corrected chi connectivity index (χ1v) is 13.5. The van der Waals surface area contributed by atoms with Crippen molar-refractivity contribution in [1.82, 2.24) is 21.3 Å². The van der Waals surface area contributed by atoms with E-state index in [1.807, 2.05) is 72.8 Å². The first-order valence-electron chi connectivity index (χ1n) is 13.1. The van der Waals surface area contributed by atoms with Crippen LogP contribution in [0.4, 0.5) is 13.2 Å². The van der Waals surface area contributed by atoms with Crippen LogP contribution < -0.4 is 21.3 Å². The Bertz CT molecular complexity index is 1390. The molecule has 10 nitrogen and oxygen atoms in total. The first-order chi connectivity index (χ1) is 20.8. The molecule has 0 radical (unpaired) electrons. The monoisotopic (exact) mass is 632 g/mol. The lowest BCUT2D eigenvalue weighted by molar-refractivity contribution is -0.192. The van der Waals surface area contributed by atoms with Crippen molar-refractivity contribution in [3.8, 4) is 11.1 Å². The molecule has 14 heteroatoms. The van der Waals surface area contributed by atoms with Crippen LogP contribution in [0.5, 0.6) is 0 Å². The molecule has 0 aliphatic rings. The Morgan fingerprint density at radius 1 is 0.750 bits per heavy atom. The SMILES string of the molecule is O=C(O)C(F)(F)F.O=C(O)CC(NC(=O)CNC(=O)CCNC(=S)NCc1ccccc1)c1ccc(-c2ccccc2)cc1. The molecular weight excluding hydrogens is 601 g/mol. The number of nitrogens with one attached hydrogen (secondary N) is 4. The van der Waals surface area contributed by atoms with Crippen LogP contribution in [0.25, 0.3) is 11.1 Å². The Balaban J connectivity index is 0.000000860. The van der Waals surface area contributed by atoms with Crippen molar-refractivity contribution in [2.45, 2.75) is 31.6 Å². The zero-order valence-electron chi connectivity index (χ0n) is 23.3. The van der Waals surface area contributed by atoms with E-state index in [2.05, 4.69) is 21.3 Å². The number of benzene rings is 3. The minimum Gasteiger partial charge on any atom is -0.481 e.